The first kappa shape index (κ1) is 26.3. The number of benzene rings is 2. The van der Waals surface area contributed by atoms with Crippen LogP contribution >= 0.6 is 0 Å². The van der Waals surface area contributed by atoms with Crippen LogP contribution in [0, 0.1) is 0 Å². The molecule has 0 radical (unpaired) electrons. The molecule has 8 heteroatoms. The monoisotopic (exact) mass is 504 g/mol. The lowest BCUT2D eigenvalue weighted by Gasteiger charge is -2.21. The maximum Gasteiger partial charge on any atom is 0.407 e. The molecule has 196 valence electrons. The van der Waals surface area contributed by atoms with E-state index in [1.165, 1.54) is 0 Å². The zero-order valence-electron chi connectivity index (χ0n) is 22.6. The number of carbonyl (C=O) groups is 3. The van der Waals surface area contributed by atoms with Gasteiger partial charge < -0.3 is 19.9 Å². The molecule has 2 heterocycles. The van der Waals surface area contributed by atoms with Crippen molar-refractivity contribution in [1.82, 2.24) is 14.8 Å². The van der Waals surface area contributed by atoms with Crippen LogP contribution in [0.5, 0.6) is 0 Å². The molecule has 3 aromatic rings. The number of Topliss-reactive ketones (excluding diaryl/α,β-unsaturated/α-hetero) is 1. The Morgan fingerprint density at radius 3 is 2.35 bits per heavy atom. The van der Waals surface area contributed by atoms with Crippen molar-refractivity contribution < 1.29 is 19.1 Å². The zero-order chi connectivity index (χ0) is 26.9. The smallest absolute Gasteiger partial charge is 0.407 e. The molecule has 0 fully saturated rings. The molecule has 2 amide bonds. The van der Waals surface area contributed by atoms with Gasteiger partial charge in [-0.25, -0.2) is 9.59 Å². The molecule has 1 N–H and O–H groups in total. The first-order valence-electron chi connectivity index (χ1n) is 12.8. The summed E-state index contributed by atoms with van der Waals surface area (Å²) in [5.41, 5.74) is 4.00. The SMILES string of the molecule is CCN(CC)c1ccc(-c2cc(C(C)=O)cc3cn4c(c23)CN(CCNC(=O)OC(C)(C)C)C4=O)cc1. The summed E-state index contributed by atoms with van der Waals surface area (Å²) in [6, 6.07) is 12.0. The number of alkyl carbamates (subject to hydrolysis) is 1. The third kappa shape index (κ3) is 5.48. The van der Waals surface area contributed by atoms with Crippen LogP contribution in [-0.2, 0) is 11.3 Å². The second-order valence-electron chi connectivity index (χ2n) is 10.3. The third-order valence-electron chi connectivity index (χ3n) is 6.60. The van der Waals surface area contributed by atoms with Crippen molar-refractivity contribution in [3.05, 3.63) is 53.9 Å². The van der Waals surface area contributed by atoms with Crippen LogP contribution in [0.1, 0.15) is 57.6 Å². The Hall–Kier alpha value is -3.81. The van der Waals surface area contributed by atoms with Crippen LogP contribution in [0.2, 0.25) is 0 Å². The van der Waals surface area contributed by atoms with Crippen molar-refractivity contribution >= 4 is 34.4 Å². The number of carbonyl (C=O) groups excluding carboxylic acids is 3. The van der Waals surface area contributed by atoms with Crippen molar-refractivity contribution in [1.29, 1.82) is 0 Å². The van der Waals surface area contributed by atoms with Gasteiger partial charge in [-0.2, -0.15) is 0 Å². The van der Waals surface area contributed by atoms with Crippen LogP contribution in [0.25, 0.3) is 21.9 Å². The average Bonchev–Trinajstić information content (AvgIpc) is 3.34. The van der Waals surface area contributed by atoms with Crippen molar-refractivity contribution in [3.63, 3.8) is 0 Å². The Kier molecular flexibility index (Phi) is 7.30. The van der Waals surface area contributed by atoms with Gasteiger partial charge >= 0.3 is 12.1 Å². The molecule has 1 aliphatic rings. The minimum Gasteiger partial charge on any atom is -0.444 e. The Labute approximate surface area is 218 Å². The number of aromatic nitrogens is 1. The molecule has 0 unspecified atom stereocenters. The fourth-order valence-electron chi connectivity index (χ4n) is 4.81. The van der Waals surface area contributed by atoms with Gasteiger partial charge in [0.05, 0.1) is 12.2 Å². The number of ether oxygens (including phenoxy) is 1. The van der Waals surface area contributed by atoms with Crippen LogP contribution < -0.4 is 10.2 Å². The lowest BCUT2D eigenvalue weighted by atomic mass is 9.95. The highest BCUT2D eigenvalue weighted by Gasteiger charge is 2.30. The number of hydrogen-bond donors (Lipinski definition) is 1. The lowest BCUT2D eigenvalue weighted by Crippen LogP contribution is -2.38. The molecular weight excluding hydrogens is 468 g/mol. The van der Waals surface area contributed by atoms with Gasteiger partial charge in [-0.3, -0.25) is 9.36 Å². The summed E-state index contributed by atoms with van der Waals surface area (Å²) in [6.07, 6.45) is 1.31. The molecule has 1 aliphatic heterocycles. The van der Waals surface area contributed by atoms with Gasteiger partial charge in [-0.05, 0) is 76.9 Å². The number of rotatable bonds is 8. The number of anilines is 1. The summed E-state index contributed by atoms with van der Waals surface area (Å²) in [4.78, 5) is 41.5. The maximum atomic E-state index is 13.2. The van der Waals surface area contributed by atoms with E-state index in [9.17, 15) is 14.4 Å². The minimum absolute atomic E-state index is 0.0181. The van der Waals surface area contributed by atoms with E-state index in [-0.39, 0.29) is 18.4 Å². The van der Waals surface area contributed by atoms with Crippen LogP contribution in [0.3, 0.4) is 0 Å². The first-order valence-corrected chi connectivity index (χ1v) is 12.8. The molecule has 1 aromatic heterocycles. The molecule has 0 aliphatic carbocycles. The zero-order valence-corrected chi connectivity index (χ0v) is 22.6. The van der Waals surface area contributed by atoms with E-state index in [0.29, 0.717) is 18.7 Å². The summed E-state index contributed by atoms with van der Waals surface area (Å²) in [5.74, 6) is -0.0181. The summed E-state index contributed by atoms with van der Waals surface area (Å²) >= 11 is 0. The molecule has 8 nitrogen and oxygen atoms in total. The Bertz CT molecular complexity index is 1330. The van der Waals surface area contributed by atoms with E-state index < -0.39 is 11.7 Å². The standard InChI is InChI=1S/C29H36N4O4/c1-7-31(8-2)23-11-9-20(10-12-23)24-16-21(19(3)34)15-22-17-33-25(26(22)24)18-32(28(33)36)14-13-30-27(35)37-29(4,5)6/h9-12,15-17H,7-8,13-14,18H2,1-6H3,(H,30,35). The fourth-order valence-corrected chi connectivity index (χ4v) is 4.81. The van der Waals surface area contributed by atoms with E-state index in [0.717, 1.165) is 46.4 Å². The van der Waals surface area contributed by atoms with Gasteiger partial charge in [0, 0.05) is 54.4 Å². The van der Waals surface area contributed by atoms with Gasteiger partial charge in [0.2, 0.25) is 0 Å². The quantitative estimate of drug-likeness (QED) is 0.400. The number of amides is 2. The molecule has 0 atom stereocenters. The normalized spacial score (nSPS) is 13.1. The number of fused-ring (bicyclic) bond motifs is 3. The highest BCUT2D eigenvalue weighted by atomic mass is 16.6. The number of nitrogens with one attached hydrogen (secondary N) is 1. The predicted octanol–water partition coefficient (Wildman–Crippen LogP) is 5.67. The summed E-state index contributed by atoms with van der Waals surface area (Å²) in [6.45, 7) is 14.2. The van der Waals surface area contributed by atoms with Gasteiger partial charge in [0.1, 0.15) is 5.60 Å². The van der Waals surface area contributed by atoms with E-state index in [4.69, 9.17) is 4.74 Å². The van der Waals surface area contributed by atoms with Gasteiger partial charge in [0.25, 0.3) is 0 Å². The first-order chi connectivity index (χ1) is 17.5. The molecule has 0 bridgehead atoms. The van der Waals surface area contributed by atoms with Crippen molar-refractivity contribution in [2.24, 2.45) is 0 Å². The predicted molar refractivity (Wildman–Crippen MR) is 146 cm³/mol. The van der Waals surface area contributed by atoms with Crippen molar-refractivity contribution in [3.8, 4) is 11.1 Å². The Morgan fingerprint density at radius 1 is 1.08 bits per heavy atom. The van der Waals surface area contributed by atoms with Crippen LogP contribution in [0.4, 0.5) is 15.3 Å². The van der Waals surface area contributed by atoms with E-state index in [1.54, 1.807) is 37.2 Å². The van der Waals surface area contributed by atoms with Gasteiger partial charge in [-0.1, -0.05) is 12.1 Å². The number of hydrogen-bond acceptors (Lipinski definition) is 5. The van der Waals surface area contributed by atoms with Gasteiger partial charge in [-0.15, -0.1) is 0 Å². The topological polar surface area (TPSA) is 83.9 Å². The highest BCUT2D eigenvalue weighted by molar-refractivity contribution is 6.08. The second-order valence-corrected chi connectivity index (χ2v) is 10.3. The van der Waals surface area contributed by atoms with E-state index >= 15 is 0 Å². The van der Waals surface area contributed by atoms with Crippen LogP contribution in [-0.4, -0.2) is 59.2 Å². The van der Waals surface area contributed by atoms with Crippen LogP contribution in [0.15, 0.2) is 42.6 Å². The third-order valence-corrected chi connectivity index (χ3v) is 6.60. The second kappa shape index (κ2) is 10.3. The fraction of sp³-hybridized carbons (Fsp3) is 0.414. The summed E-state index contributed by atoms with van der Waals surface area (Å²) < 4.78 is 6.94. The highest BCUT2D eigenvalue weighted by Crippen LogP contribution is 2.37. The largest absolute Gasteiger partial charge is 0.444 e. The molecule has 37 heavy (non-hydrogen) atoms. The molecular formula is C29H36N4O4. The Morgan fingerprint density at radius 2 is 1.76 bits per heavy atom. The summed E-state index contributed by atoms with van der Waals surface area (Å²) in [7, 11) is 0. The molecule has 0 spiro atoms. The minimum atomic E-state index is -0.580. The van der Waals surface area contributed by atoms with E-state index in [1.807, 2.05) is 18.3 Å². The Balaban J connectivity index is 1.64. The van der Waals surface area contributed by atoms with Gasteiger partial charge in [0.15, 0.2) is 5.78 Å². The van der Waals surface area contributed by atoms with E-state index in [2.05, 4.69) is 48.3 Å². The summed E-state index contributed by atoms with van der Waals surface area (Å²) in [5, 5.41) is 4.55. The maximum absolute atomic E-state index is 13.2. The number of ketones is 1. The number of nitrogens with zero attached hydrogens (tertiary/aromatic N) is 3. The molecule has 0 saturated heterocycles. The average molecular weight is 505 g/mol. The van der Waals surface area contributed by atoms with Crippen molar-refractivity contribution in [2.75, 3.05) is 31.1 Å². The van der Waals surface area contributed by atoms with Crippen molar-refractivity contribution in [2.45, 2.75) is 53.7 Å². The molecule has 4 rings (SSSR count). The molecule has 2 aromatic carbocycles. The molecule has 0 saturated carbocycles. The lowest BCUT2D eigenvalue weighted by molar-refractivity contribution is 0.0523.